The molecule has 0 fully saturated rings. The molecular weight excluding hydrogens is 346 g/mol. The Bertz CT molecular complexity index is 765. The van der Waals surface area contributed by atoms with E-state index < -0.39 is 10.8 Å². The van der Waals surface area contributed by atoms with Gasteiger partial charge in [-0.2, -0.15) is 0 Å². The van der Waals surface area contributed by atoms with Crippen LogP contribution in [-0.2, 0) is 16.6 Å². The molecular formula is C20H25N3O2S. The fraction of sp³-hybridized carbons (Fsp3) is 0.350. The first kappa shape index (κ1) is 18.5. The van der Waals surface area contributed by atoms with E-state index in [1.165, 1.54) is 0 Å². The van der Waals surface area contributed by atoms with E-state index in [1.807, 2.05) is 48.5 Å². The Hall–Kier alpha value is -2.34. The summed E-state index contributed by atoms with van der Waals surface area (Å²) < 4.78 is 17.9. The quantitative estimate of drug-likeness (QED) is 0.605. The van der Waals surface area contributed by atoms with Crippen LogP contribution in [0.1, 0.15) is 23.6 Å². The summed E-state index contributed by atoms with van der Waals surface area (Å²) in [5.41, 5.74) is 2.25. The summed E-state index contributed by atoms with van der Waals surface area (Å²) in [6.45, 7) is 1.30. The minimum atomic E-state index is -0.898. The number of nitrogens with zero attached hydrogens (tertiary/aromatic N) is 1. The highest BCUT2D eigenvalue weighted by atomic mass is 32.2. The van der Waals surface area contributed by atoms with Gasteiger partial charge < -0.3 is 15.4 Å². The summed E-state index contributed by atoms with van der Waals surface area (Å²) in [4.78, 5) is 4.29. The van der Waals surface area contributed by atoms with E-state index in [9.17, 15) is 4.21 Å². The van der Waals surface area contributed by atoms with Crippen molar-refractivity contribution in [1.29, 1.82) is 0 Å². The van der Waals surface area contributed by atoms with Crippen LogP contribution in [0.4, 0.5) is 0 Å². The number of aliphatic imine (C=N–C) groups is 1. The summed E-state index contributed by atoms with van der Waals surface area (Å²) in [6.07, 6.45) is 0.887. The van der Waals surface area contributed by atoms with Crippen LogP contribution in [0.2, 0.25) is 0 Å². The molecule has 2 unspecified atom stereocenters. The van der Waals surface area contributed by atoms with Crippen molar-refractivity contribution < 1.29 is 8.95 Å². The van der Waals surface area contributed by atoms with Crippen LogP contribution < -0.4 is 15.4 Å². The zero-order chi connectivity index (χ0) is 18.2. The lowest BCUT2D eigenvalue weighted by molar-refractivity contribution is 0.261. The Morgan fingerprint density at radius 1 is 1.19 bits per heavy atom. The normalized spacial score (nSPS) is 17.7. The second-order valence-corrected chi connectivity index (χ2v) is 7.72. The lowest BCUT2D eigenvalue weighted by Gasteiger charge is -2.28. The fourth-order valence-corrected chi connectivity index (χ4v) is 4.01. The van der Waals surface area contributed by atoms with Gasteiger partial charge in [0.2, 0.25) is 0 Å². The van der Waals surface area contributed by atoms with Crippen molar-refractivity contribution >= 4 is 16.8 Å². The first-order chi connectivity index (χ1) is 12.8. The molecule has 2 aromatic carbocycles. The van der Waals surface area contributed by atoms with Crippen LogP contribution in [0.25, 0.3) is 0 Å². The minimum absolute atomic E-state index is 0.168. The molecule has 0 aromatic heterocycles. The van der Waals surface area contributed by atoms with E-state index in [1.54, 1.807) is 7.05 Å². The SMILES string of the molecule is CN=C(NCCS(=O)Cc1ccccc1)NC1CCOc2ccccc21. The van der Waals surface area contributed by atoms with Crippen LogP contribution in [0.5, 0.6) is 5.75 Å². The average molecular weight is 372 g/mol. The summed E-state index contributed by atoms with van der Waals surface area (Å²) in [6, 6.07) is 18.2. The highest BCUT2D eigenvalue weighted by Crippen LogP contribution is 2.31. The van der Waals surface area contributed by atoms with Crippen LogP contribution in [0.15, 0.2) is 59.6 Å². The summed E-state index contributed by atoms with van der Waals surface area (Å²) in [5.74, 6) is 2.82. The molecule has 5 nitrogen and oxygen atoms in total. The molecule has 1 heterocycles. The number of benzene rings is 2. The van der Waals surface area contributed by atoms with Crippen LogP contribution in [-0.4, -0.2) is 36.1 Å². The van der Waals surface area contributed by atoms with Gasteiger partial charge in [-0.3, -0.25) is 9.20 Å². The maximum atomic E-state index is 12.2. The number of guanidine groups is 1. The molecule has 0 saturated carbocycles. The molecule has 0 bridgehead atoms. The molecule has 6 heteroatoms. The average Bonchev–Trinajstić information content (AvgIpc) is 2.68. The van der Waals surface area contributed by atoms with E-state index >= 15 is 0 Å². The molecule has 0 aliphatic carbocycles. The third-order valence-corrected chi connectivity index (χ3v) is 5.60. The number of ether oxygens (including phenoxy) is 1. The topological polar surface area (TPSA) is 62.7 Å². The van der Waals surface area contributed by atoms with Crippen LogP contribution in [0, 0.1) is 0 Å². The van der Waals surface area contributed by atoms with Crippen molar-refractivity contribution in [3.8, 4) is 5.75 Å². The largest absolute Gasteiger partial charge is 0.493 e. The van der Waals surface area contributed by atoms with Gasteiger partial charge in [-0.25, -0.2) is 0 Å². The zero-order valence-corrected chi connectivity index (χ0v) is 15.8. The predicted molar refractivity (Wildman–Crippen MR) is 107 cm³/mol. The van der Waals surface area contributed by atoms with Crippen LogP contribution in [0.3, 0.4) is 0 Å². The van der Waals surface area contributed by atoms with E-state index in [0.717, 1.165) is 29.3 Å². The monoisotopic (exact) mass is 371 g/mol. The summed E-state index contributed by atoms with van der Waals surface area (Å²) >= 11 is 0. The Morgan fingerprint density at radius 3 is 2.77 bits per heavy atom. The van der Waals surface area contributed by atoms with Crippen molar-refractivity contribution in [2.45, 2.75) is 18.2 Å². The number of hydrogen-bond donors (Lipinski definition) is 2. The molecule has 0 amide bonds. The highest BCUT2D eigenvalue weighted by molar-refractivity contribution is 7.84. The van der Waals surface area contributed by atoms with Gasteiger partial charge in [0.15, 0.2) is 5.96 Å². The number of hydrogen-bond acceptors (Lipinski definition) is 3. The zero-order valence-electron chi connectivity index (χ0n) is 15.0. The third-order valence-electron chi connectivity index (χ3n) is 4.29. The van der Waals surface area contributed by atoms with E-state index in [-0.39, 0.29) is 6.04 Å². The summed E-state index contributed by atoms with van der Waals surface area (Å²) in [5, 5.41) is 6.71. The maximum Gasteiger partial charge on any atom is 0.191 e. The van der Waals surface area contributed by atoms with Gasteiger partial charge in [0.05, 0.1) is 12.6 Å². The molecule has 2 aromatic rings. The number of rotatable bonds is 6. The van der Waals surface area contributed by atoms with Gasteiger partial charge in [-0.1, -0.05) is 48.5 Å². The molecule has 2 N–H and O–H groups in total. The van der Waals surface area contributed by atoms with Gasteiger partial charge in [-0.05, 0) is 11.6 Å². The van der Waals surface area contributed by atoms with E-state index in [0.29, 0.717) is 24.7 Å². The van der Waals surface area contributed by atoms with Crippen molar-refractivity contribution in [2.75, 3.05) is 26.0 Å². The summed E-state index contributed by atoms with van der Waals surface area (Å²) in [7, 11) is 0.854. The van der Waals surface area contributed by atoms with Crippen LogP contribution >= 0.6 is 0 Å². The lowest BCUT2D eigenvalue weighted by atomic mass is 10.0. The Kier molecular flexibility index (Phi) is 6.66. The first-order valence-electron chi connectivity index (χ1n) is 8.84. The number of nitrogens with one attached hydrogen (secondary N) is 2. The van der Waals surface area contributed by atoms with Gasteiger partial charge in [0, 0.05) is 47.9 Å². The Morgan fingerprint density at radius 2 is 1.96 bits per heavy atom. The van der Waals surface area contributed by atoms with Gasteiger partial charge in [-0.15, -0.1) is 0 Å². The van der Waals surface area contributed by atoms with Gasteiger partial charge in [0.1, 0.15) is 5.75 Å². The molecule has 138 valence electrons. The molecule has 1 aliphatic heterocycles. The fourth-order valence-electron chi connectivity index (χ4n) is 2.97. The third kappa shape index (κ3) is 5.08. The van der Waals surface area contributed by atoms with Crippen molar-refractivity contribution in [2.24, 2.45) is 4.99 Å². The molecule has 0 spiro atoms. The molecule has 2 atom stereocenters. The Balaban J connectivity index is 1.48. The van der Waals surface area contributed by atoms with Gasteiger partial charge >= 0.3 is 0 Å². The van der Waals surface area contributed by atoms with Gasteiger partial charge in [0.25, 0.3) is 0 Å². The van der Waals surface area contributed by atoms with Crippen molar-refractivity contribution in [1.82, 2.24) is 10.6 Å². The second-order valence-electron chi connectivity index (χ2n) is 6.14. The molecule has 1 aliphatic rings. The standard InChI is InChI=1S/C20H25N3O2S/c1-21-20(22-12-14-26(24)15-16-7-3-2-4-8-16)23-18-11-13-25-19-10-6-5-9-17(18)19/h2-10,18H,11-15H2,1H3,(H2,21,22,23). The molecule has 3 rings (SSSR count). The van der Waals surface area contributed by atoms with Crippen molar-refractivity contribution in [3.05, 3.63) is 65.7 Å². The Labute approximate surface area is 157 Å². The van der Waals surface area contributed by atoms with Crippen molar-refractivity contribution in [3.63, 3.8) is 0 Å². The minimum Gasteiger partial charge on any atom is -0.493 e. The maximum absolute atomic E-state index is 12.2. The molecule has 0 saturated heterocycles. The molecule has 0 radical (unpaired) electrons. The van der Waals surface area contributed by atoms with E-state index in [2.05, 4.69) is 21.7 Å². The predicted octanol–water partition coefficient (Wildman–Crippen LogP) is 2.62. The first-order valence-corrected chi connectivity index (χ1v) is 10.3. The lowest BCUT2D eigenvalue weighted by Crippen LogP contribution is -2.42. The highest BCUT2D eigenvalue weighted by Gasteiger charge is 2.21. The van der Waals surface area contributed by atoms with E-state index in [4.69, 9.17) is 4.74 Å². The number of fused-ring (bicyclic) bond motifs is 1. The number of para-hydroxylation sites is 1. The molecule has 26 heavy (non-hydrogen) atoms. The smallest absolute Gasteiger partial charge is 0.191 e. The second kappa shape index (κ2) is 9.38.